The van der Waals surface area contributed by atoms with Gasteiger partial charge in [-0.2, -0.15) is 5.10 Å². The van der Waals surface area contributed by atoms with Gasteiger partial charge in [0.25, 0.3) is 0 Å². The summed E-state index contributed by atoms with van der Waals surface area (Å²) in [5.74, 6) is 0.784. The van der Waals surface area contributed by atoms with Crippen molar-refractivity contribution in [1.29, 1.82) is 0 Å². The van der Waals surface area contributed by atoms with E-state index >= 15 is 0 Å². The Bertz CT molecular complexity index is 659. The van der Waals surface area contributed by atoms with E-state index in [1.54, 1.807) is 12.1 Å². The standard InChI is InChI=1S/C15H14ClN3OS/c16-13-8-12(6-7-14(13)20)9-18-19-15(17)21-10-11-4-2-1-3-5-11/h1-9,20H,10H2,(H2,17,19). The number of thioether (sulfide) groups is 1. The molecule has 0 aromatic heterocycles. The number of nitrogens with zero attached hydrogens (tertiary/aromatic N) is 2. The van der Waals surface area contributed by atoms with E-state index in [1.165, 1.54) is 29.6 Å². The third kappa shape index (κ3) is 5.13. The van der Waals surface area contributed by atoms with Crippen LogP contribution in [-0.4, -0.2) is 16.5 Å². The summed E-state index contributed by atoms with van der Waals surface area (Å²) in [6.45, 7) is 0. The molecule has 2 aromatic rings. The molecule has 108 valence electrons. The number of benzene rings is 2. The van der Waals surface area contributed by atoms with Crippen LogP contribution in [0.5, 0.6) is 5.75 Å². The Balaban J connectivity index is 1.90. The highest BCUT2D eigenvalue weighted by molar-refractivity contribution is 8.13. The number of amidine groups is 1. The van der Waals surface area contributed by atoms with Crippen molar-refractivity contribution < 1.29 is 5.11 Å². The summed E-state index contributed by atoms with van der Waals surface area (Å²) in [4.78, 5) is 0. The van der Waals surface area contributed by atoms with Crippen LogP contribution >= 0.6 is 23.4 Å². The van der Waals surface area contributed by atoms with Gasteiger partial charge in [-0.3, -0.25) is 0 Å². The monoisotopic (exact) mass is 319 g/mol. The van der Waals surface area contributed by atoms with E-state index in [0.29, 0.717) is 5.17 Å². The largest absolute Gasteiger partial charge is 0.506 e. The molecular formula is C15H14ClN3OS. The van der Waals surface area contributed by atoms with Crippen molar-refractivity contribution in [2.75, 3.05) is 0 Å². The number of phenolic OH excluding ortho intramolecular Hbond substituents is 1. The molecule has 0 aliphatic rings. The molecule has 0 saturated heterocycles. The minimum Gasteiger partial charge on any atom is -0.506 e. The third-order valence-electron chi connectivity index (χ3n) is 2.56. The van der Waals surface area contributed by atoms with E-state index < -0.39 is 0 Å². The van der Waals surface area contributed by atoms with E-state index in [2.05, 4.69) is 10.2 Å². The van der Waals surface area contributed by atoms with E-state index in [9.17, 15) is 5.11 Å². The van der Waals surface area contributed by atoms with Crippen molar-refractivity contribution in [2.24, 2.45) is 15.9 Å². The van der Waals surface area contributed by atoms with Crippen molar-refractivity contribution in [2.45, 2.75) is 5.75 Å². The number of hydrogen-bond donors (Lipinski definition) is 2. The van der Waals surface area contributed by atoms with Gasteiger partial charge in [0.2, 0.25) is 0 Å². The summed E-state index contributed by atoms with van der Waals surface area (Å²) in [5, 5.41) is 17.8. The number of phenols is 1. The smallest absolute Gasteiger partial charge is 0.180 e. The zero-order valence-electron chi connectivity index (χ0n) is 11.1. The van der Waals surface area contributed by atoms with Crippen molar-refractivity contribution in [1.82, 2.24) is 0 Å². The highest BCUT2D eigenvalue weighted by atomic mass is 35.5. The van der Waals surface area contributed by atoms with Gasteiger partial charge in [-0.1, -0.05) is 53.7 Å². The second kappa shape index (κ2) is 7.71. The summed E-state index contributed by atoms with van der Waals surface area (Å²) < 4.78 is 0. The molecule has 0 bridgehead atoms. The topological polar surface area (TPSA) is 71.0 Å². The first-order valence-corrected chi connectivity index (χ1v) is 7.53. The Labute approximate surface area is 132 Å². The van der Waals surface area contributed by atoms with Gasteiger partial charge >= 0.3 is 0 Å². The normalized spacial score (nSPS) is 12.0. The van der Waals surface area contributed by atoms with Gasteiger partial charge in [-0.25, -0.2) is 0 Å². The van der Waals surface area contributed by atoms with Crippen molar-refractivity contribution in [3.63, 3.8) is 0 Å². The van der Waals surface area contributed by atoms with Crippen LogP contribution in [0.4, 0.5) is 0 Å². The molecule has 0 amide bonds. The van der Waals surface area contributed by atoms with Crippen molar-refractivity contribution in [3.8, 4) is 5.75 Å². The van der Waals surface area contributed by atoms with E-state index in [4.69, 9.17) is 17.3 Å². The van der Waals surface area contributed by atoms with Gasteiger partial charge in [0.1, 0.15) is 5.75 Å². The molecule has 0 unspecified atom stereocenters. The quantitative estimate of drug-likeness (QED) is 0.513. The molecule has 21 heavy (non-hydrogen) atoms. The summed E-state index contributed by atoms with van der Waals surface area (Å²) in [6.07, 6.45) is 1.53. The van der Waals surface area contributed by atoms with Crippen LogP contribution in [0, 0.1) is 0 Å². The Morgan fingerprint density at radius 1 is 1.24 bits per heavy atom. The van der Waals surface area contributed by atoms with Crippen LogP contribution in [0.2, 0.25) is 5.02 Å². The second-order valence-electron chi connectivity index (χ2n) is 4.17. The Hall–Kier alpha value is -1.98. The van der Waals surface area contributed by atoms with Crippen LogP contribution in [0.1, 0.15) is 11.1 Å². The highest BCUT2D eigenvalue weighted by Gasteiger charge is 1.98. The molecule has 0 fully saturated rings. The first-order valence-electron chi connectivity index (χ1n) is 6.17. The number of rotatable bonds is 4. The average molecular weight is 320 g/mol. The number of halogens is 1. The molecule has 0 aliphatic carbocycles. The van der Waals surface area contributed by atoms with Gasteiger partial charge < -0.3 is 10.8 Å². The lowest BCUT2D eigenvalue weighted by molar-refractivity contribution is 0.475. The summed E-state index contributed by atoms with van der Waals surface area (Å²) in [7, 11) is 0. The molecule has 4 nitrogen and oxygen atoms in total. The summed E-state index contributed by atoms with van der Waals surface area (Å²) >= 11 is 7.21. The molecule has 0 atom stereocenters. The SMILES string of the molecule is NC(=NN=Cc1ccc(O)c(Cl)c1)SCc1ccccc1. The molecule has 2 aromatic carbocycles. The van der Waals surface area contributed by atoms with E-state index in [-0.39, 0.29) is 10.8 Å². The molecule has 0 spiro atoms. The molecule has 3 N–H and O–H groups in total. The van der Waals surface area contributed by atoms with Crippen molar-refractivity contribution in [3.05, 3.63) is 64.7 Å². The van der Waals surface area contributed by atoms with Crippen LogP contribution < -0.4 is 5.73 Å². The Morgan fingerprint density at radius 3 is 2.71 bits per heavy atom. The minimum absolute atomic E-state index is 0.0373. The highest BCUT2D eigenvalue weighted by Crippen LogP contribution is 2.22. The Morgan fingerprint density at radius 2 is 2.00 bits per heavy atom. The predicted octanol–water partition coefficient (Wildman–Crippen LogP) is 3.63. The minimum atomic E-state index is 0.0373. The first kappa shape index (κ1) is 15.4. The maximum Gasteiger partial charge on any atom is 0.180 e. The van der Waals surface area contributed by atoms with Gasteiger partial charge in [-0.05, 0) is 29.3 Å². The van der Waals surface area contributed by atoms with E-state index in [1.807, 2.05) is 30.3 Å². The van der Waals surface area contributed by atoms with Crippen LogP contribution in [0.3, 0.4) is 0 Å². The van der Waals surface area contributed by atoms with Crippen LogP contribution in [0.25, 0.3) is 0 Å². The fourth-order valence-electron chi connectivity index (χ4n) is 1.52. The molecule has 0 radical (unpaired) electrons. The van der Waals surface area contributed by atoms with E-state index in [0.717, 1.165) is 11.3 Å². The second-order valence-corrected chi connectivity index (χ2v) is 5.57. The molecule has 6 heteroatoms. The predicted molar refractivity (Wildman–Crippen MR) is 90.1 cm³/mol. The Kier molecular flexibility index (Phi) is 5.66. The number of hydrogen-bond acceptors (Lipinski definition) is 4. The molecular weight excluding hydrogens is 306 g/mol. The maximum absolute atomic E-state index is 9.31. The van der Waals surface area contributed by atoms with Crippen molar-refractivity contribution >= 4 is 34.7 Å². The molecule has 2 rings (SSSR count). The zero-order valence-corrected chi connectivity index (χ0v) is 12.7. The first-order chi connectivity index (χ1) is 10.1. The maximum atomic E-state index is 9.31. The fraction of sp³-hybridized carbons (Fsp3) is 0.0667. The lowest BCUT2D eigenvalue weighted by atomic mass is 10.2. The van der Waals surface area contributed by atoms with Gasteiger partial charge in [0, 0.05) is 5.75 Å². The molecule has 0 saturated carbocycles. The van der Waals surface area contributed by atoms with Crippen LogP contribution in [-0.2, 0) is 5.75 Å². The molecule has 0 aliphatic heterocycles. The lowest BCUT2D eigenvalue weighted by Crippen LogP contribution is -2.05. The number of aromatic hydroxyl groups is 1. The van der Waals surface area contributed by atoms with Crippen LogP contribution in [0.15, 0.2) is 58.7 Å². The molecule has 0 heterocycles. The number of nitrogens with two attached hydrogens (primary N) is 1. The fourth-order valence-corrected chi connectivity index (χ4v) is 2.32. The lowest BCUT2D eigenvalue weighted by Gasteiger charge is -1.99. The van der Waals surface area contributed by atoms with Gasteiger partial charge in [0.05, 0.1) is 11.2 Å². The summed E-state index contributed by atoms with van der Waals surface area (Å²) in [5.41, 5.74) is 7.69. The average Bonchev–Trinajstić information content (AvgIpc) is 2.50. The van der Waals surface area contributed by atoms with Gasteiger partial charge in [0.15, 0.2) is 5.17 Å². The zero-order chi connectivity index (χ0) is 15.1. The third-order valence-corrected chi connectivity index (χ3v) is 3.72. The van der Waals surface area contributed by atoms with Gasteiger partial charge in [-0.15, -0.1) is 5.10 Å². The summed E-state index contributed by atoms with van der Waals surface area (Å²) in [6, 6.07) is 14.8.